The lowest BCUT2D eigenvalue weighted by molar-refractivity contribution is -0.144. The van der Waals surface area contributed by atoms with E-state index in [0.29, 0.717) is 13.2 Å². The fraction of sp³-hybridized carbons (Fsp3) is 0.909. The zero-order valence-electron chi connectivity index (χ0n) is 10.4. The highest BCUT2D eigenvalue weighted by atomic mass is 16.5. The maximum atomic E-state index is 11.3. The van der Waals surface area contributed by atoms with Crippen LogP contribution in [0.2, 0.25) is 0 Å². The molecule has 5 heteroatoms. The van der Waals surface area contributed by atoms with Crippen molar-refractivity contribution in [1.29, 1.82) is 0 Å². The zero-order valence-corrected chi connectivity index (χ0v) is 10.4. The molecular formula is C11H23NO4. The Bertz CT molecular complexity index is 187. The minimum Gasteiger partial charge on any atom is -0.465 e. The fourth-order valence-corrected chi connectivity index (χ4v) is 1.48. The third-order valence-corrected chi connectivity index (χ3v) is 2.03. The minimum absolute atomic E-state index is 0.225. The van der Waals surface area contributed by atoms with Crippen molar-refractivity contribution in [2.24, 2.45) is 0 Å². The van der Waals surface area contributed by atoms with Gasteiger partial charge in [-0.05, 0) is 19.9 Å². The average molecular weight is 233 g/mol. The second kappa shape index (κ2) is 9.57. The van der Waals surface area contributed by atoms with Gasteiger partial charge < -0.3 is 14.6 Å². The summed E-state index contributed by atoms with van der Waals surface area (Å²) in [6.45, 7) is 5.90. The molecule has 5 nitrogen and oxygen atoms in total. The highest BCUT2D eigenvalue weighted by Gasteiger charge is 2.14. The Hall–Kier alpha value is -0.650. The molecule has 0 aliphatic carbocycles. The van der Waals surface area contributed by atoms with Crippen molar-refractivity contribution in [1.82, 2.24) is 4.90 Å². The Morgan fingerprint density at radius 1 is 1.44 bits per heavy atom. The molecule has 0 aromatic heterocycles. The van der Waals surface area contributed by atoms with Crippen LogP contribution >= 0.6 is 0 Å². The van der Waals surface area contributed by atoms with Crippen LogP contribution in [-0.2, 0) is 14.3 Å². The summed E-state index contributed by atoms with van der Waals surface area (Å²) in [7, 11) is 1.54. The predicted molar refractivity (Wildman–Crippen MR) is 61.2 cm³/mol. The number of carbonyl (C=O) groups is 1. The van der Waals surface area contributed by atoms with Crippen molar-refractivity contribution >= 4 is 5.97 Å². The van der Waals surface area contributed by atoms with E-state index in [0.717, 1.165) is 13.0 Å². The van der Waals surface area contributed by atoms with Crippen LogP contribution < -0.4 is 0 Å². The molecule has 96 valence electrons. The van der Waals surface area contributed by atoms with E-state index < -0.39 is 6.10 Å². The van der Waals surface area contributed by atoms with E-state index in [4.69, 9.17) is 9.47 Å². The van der Waals surface area contributed by atoms with Crippen LogP contribution in [0.4, 0.5) is 0 Å². The fourth-order valence-electron chi connectivity index (χ4n) is 1.48. The number of methoxy groups -OCH3 is 1. The first-order chi connectivity index (χ1) is 7.63. The van der Waals surface area contributed by atoms with Crippen molar-refractivity contribution in [2.45, 2.75) is 26.4 Å². The third kappa shape index (κ3) is 7.62. The van der Waals surface area contributed by atoms with Crippen LogP contribution in [0.5, 0.6) is 0 Å². The first-order valence-electron chi connectivity index (χ1n) is 5.68. The van der Waals surface area contributed by atoms with Gasteiger partial charge >= 0.3 is 5.97 Å². The van der Waals surface area contributed by atoms with Crippen molar-refractivity contribution in [3.05, 3.63) is 0 Å². The summed E-state index contributed by atoms with van der Waals surface area (Å²) in [5.74, 6) is -0.249. The maximum absolute atomic E-state index is 11.3. The molecule has 0 saturated carbocycles. The van der Waals surface area contributed by atoms with Crippen LogP contribution in [0, 0.1) is 0 Å². The van der Waals surface area contributed by atoms with Gasteiger partial charge in [-0.15, -0.1) is 0 Å². The van der Waals surface area contributed by atoms with Gasteiger partial charge in [-0.2, -0.15) is 0 Å². The molecule has 0 bridgehead atoms. The highest BCUT2D eigenvalue weighted by molar-refractivity contribution is 5.71. The molecule has 0 spiro atoms. The number of esters is 1. The number of nitrogens with zero attached hydrogens (tertiary/aromatic N) is 1. The summed E-state index contributed by atoms with van der Waals surface area (Å²) in [6, 6.07) is 0. The monoisotopic (exact) mass is 233 g/mol. The summed E-state index contributed by atoms with van der Waals surface area (Å²) in [4.78, 5) is 13.2. The van der Waals surface area contributed by atoms with E-state index in [1.54, 1.807) is 14.0 Å². The number of aliphatic hydroxyl groups excluding tert-OH is 1. The van der Waals surface area contributed by atoms with E-state index in [1.807, 2.05) is 11.8 Å². The molecule has 0 radical (unpaired) electrons. The molecule has 0 amide bonds. The van der Waals surface area contributed by atoms with Gasteiger partial charge in [-0.1, -0.05) is 6.92 Å². The lowest BCUT2D eigenvalue weighted by atomic mass is 10.3. The quantitative estimate of drug-likeness (QED) is 0.579. The van der Waals surface area contributed by atoms with Gasteiger partial charge in [0.25, 0.3) is 0 Å². The van der Waals surface area contributed by atoms with Gasteiger partial charge in [-0.25, -0.2) is 0 Å². The molecule has 0 aromatic rings. The SMILES string of the molecule is CCCN(CC(=O)OCC)CC(O)COC. The molecule has 0 rings (SSSR count). The molecule has 0 fully saturated rings. The second-order valence-electron chi connectivity index (χ2n) is 3.65. The van der Waals surface area contributed by atoms with Gasteiger partial charge in [-0.3, -0.25) is 9.69 Å². The topological polar surface area (TPSA) is 59.0 Å². The van der Waals surface area contributed by atoms with Gasteiger partial charge in [0.1, 0.15) is 0 Å². The molecule has 0 saturated heterocycles. The Balaban J connectivity index is 4.00. The molecule has 0 aromatic carbocycles. The maximum Gasteiger partial charge on any atom is 0.320 e. The van der Waals surface area contributed by atoms with Crippen LogP contribution in [0.1, 0.15) is 20.3 Å². The Morgan fingerprint density at radius 2 is 2.12 bits per heavy atom. The second-order valence-corrected chi connectivity index (χ2v) is 3.65. The van der Waals surface area contributed by atoms with Gasteiger partial charge in [0.05, 0.1) is 25.9 Å². The average Bonchev–Trinajstić information content (AvgIpc) is 2.18. The smallest absolute Gasteiger partial charge is 0.320 e. The van der Waals surface area contributed by atoms with Crippen molar-refractivity contribution in [2.75, 3.05) is 40.0 Å². The first-order valence-corrected chi connectivity index (χ1v) is 5.68. The normalized spacial score (nSPS) is 12.8. The van der Waals surface area contributed by atoms with Gasteiger partial charge in [0.15, 0.2) is 0 Å². The summed E-state index contributed by atoms with van der Waals surface area (Å²) in [6.07, 6.45) is 0.366. The number of carbonyl (C=O) groups excluding carboxylic acids is 1. The summed E-state index contributed by atoms with van der Waals surface area (Å²) in [5, 5.41) is 9.57. The van der Waals surface area contributed by atoms with Crippen molar-refractivity contribution < 1.29 is 19.4 Å². The Morgan fingerprint density at radius 3 is 2.62 bits per heavy atom. The zero-order chi connectivity index (χ0) is 12.4. The number of hydrogen-bond acceptors (Lipinski definition) is 5. The van der Waals surface area contributed by atoms with Gasteiger partial charge in [0, 0.05) is 13.7 Å². The van der Waals surface area contributed by atoms with Crippen LogP contribution in [0.3, 0.4) is 0 Å². The number of rotatable bonds is 9. The minimum atomic E-state index is -0.564. The van der Waals surface area contributed by atoms with E-state index in [9.17, 15) is 9.90 Å². The Labute approximate surface area is 97.3 Å². The van der Waals surface area contributed by atoms with Crippen LogP contribution in [0.15, 0.2) is 0 Å². The highest BCUT2D eigenvalue weighted by Crippen LogP contribution is 1.97. The largest absolute Gasteiger partial charge is 0.465 e. The summed E-state index contributed by atoms with van der Waals surface area (Å²) in [5.41, 5.74) is 0. The Kier molecular flexibility index (Phi) is 9.18. The predicted octanol–water partition coefficient (Wildman–Crippen LogP) is 0.269. The van der Waals surface area contributed by atoms with Crippen LogP contribution in [-0.4, -0.2) is 62.0 Å². The van der Waals surface area contributed by atoms with Crippen molar-refractivity contribution in [3.8, 4) is 0 Å². The molecule has 16 heavy (non-hydrogen) atoms. The molecule has 0 aliphatic rings. The molecule has 0 aliphatic heterocycles. The number of aliphatic hydroxyl groups is 1. The number of ether oxygens (including phenoxy) is 2. The lowest BCUT2D eigenvalue weighted by Gasteiger charge is -2.23. The molecule has 1 unspecified atom stereocenters. The van der Waals surface area contributed by atoms with E-state index in [1.165, 1.54) is 0 Å². The van der Waals surface area contributed by atoms with E-state index in [-0.39, 0.29) is 19.1 Å². The molecular weight excluding hydrogens is 210 g/mol. The standard InChI is InChI=1S/C11H23NO4/c1-4-6-12(7-10(13)9-15-3)8-11(14)16-5-2/h10,13H,4-9H2,1-3H3. The molecule has 1 atom stereocenters. The third-order valence-electron chi connectivity index (χ3n) is 2.03. The molecule has 0 heterocycles. The summed E-state index contributed by atoms with van der Waals surface area (Å²) < 4.78 is 9.71. The van der Waals surface area contributed by atoms with E-state index >= 15 is 0 Å². The summed E-state index contributed by atoms with van der Waals surface area (Å²) >= 11 is 0. The van der Waals surface area contributed by atoms with Crippen molar-refractivity contribution in [3.63, 3.8) is 0 Å². The van der Waals surface area contributed by atoms with Gasteiger partial charge in [0.2, 0.25) is 0 Å². The molecule has 1 N–H and O–H groups in total. The first kappa shape index (κ1) is 15.3. The van der Waals surface area contributed by atoms with Crippen LogP contribution in [0.25, 0.3) is 0 Å². The van der Waals surface area contributed by atoms with E-state index in [2.05, 4.69) is 0 Å². The number of hydrogen-bond donors (Lipinski definition) is 1. The lowest BCUT2D eigenvalue weighted by Crippen LogP contribution is -2.39.